The summed E-state index contributed by atoms with van der Waals surface area (Å²) in [7, 11) is 1.76. The molecular formula is C21H27N5O3. The van der Waals surface area contributed by atoms with Crippen LogP contribution in [-0.2, 0) is 4.79 Å². The summed E-state index contributed by atoms with van der Waals surface area (Å²) in [5, 5.41) is 23.9. The molecule has 0 amide bonds. The minimum Gasteiger partial charge on any atom is -0.390 e. The van der Waals surface area contributed by atoms with E-state index < -0.39 is 24.2 Å². The maximum atomic E-state index is 11.8. The second kappa shape index (κ2) is 8.09. The van der Waals surface area contributed by atoms with Gasteiger partial charge >= 0.3 is 0 Å². The molecule has 2 aliphatic carbocycles. The van der Waals surface area contributed by atoms with E-state index in [0.717, 1.165) is 12.8 Å². The highest BCUT2D eigenvalue weighted by molar-refractivity contribution is 5.83. The molecule has 8 nitrogen and oxygen atoms in total. The molecule has 2 heterocycles. The zero-order valence-corrected chi connectivity index (χ0v) is 16.8. The zero-order valence-electron chi connectivity index (χ0n) is 16.8. The van der Waals surface area contributed by atoms with Gasteiger partial charge in [0, 0.05) is 18.9 Å². The van der Waals surface area contributed by atoms with Crippen molar-refractivity contribution in [1.29, 1.82) is 0 Å². The van der Waals surface area contributed by atoms with E-state index in [1.807, 2.05) is 0 Å². The summed E-state index contributed by atoms with van der Waals surface area (Å²) >= 11 is 0. The first kappa shape index (κ1) is 19.8. The van der Waals surface area contributed by atoms with Gasteiger partial charge in [-0.15, -0.1) is 0 Å². The van der Waals surface area contributed by atoms with Crippen LogP contribution in [0.15, 0.2) is 6.33 Å². The fourth-order valence-electron chi connectivity index (χ4n) is 4.49. The van der Waals surface area contributed by atoms with Crippen LogP contribution in [0.5, 0.6) is 0 Å². The molecule has 2 saturated carbocycles. The number of ketones is 1. The molecule has 0 radical (unpaired) electrons. The molecule has 154 valence electrons. The molecule has 0 bridgehead atoms. The molecule has 0 aliphatic heterocycles. The van der Waals surface area contributed by atoms with Gasteiger partial charge in [-0.05, 0) is 32.1 Å². The largest absolute Gasteiger partial charge is 0.390 e. The van der Waals surface area contributed by atoms with Gasteiger partial charge in [0.25, 0.3) is 0 Å². The highest BCUT2D eigenvalue weighted by Gasteiger charge is 2.45. The van der Waals surface area contributed by atoms with E-state index in [0.29, 0.717) is 35.1 Å². The quantitative estimate of drug-likeness (QED) is 0.675. The monoisotopic (exact) mass is 397 g/mol. The van der Waals surface area contributed by atoms with Gasteiger partial charge in [-0.1, -0.05) is 25.2 Å². The van der Waals surface area contributed by atoms with Crippen LogP contribution in [0, 0.1) is 23.7 Å². The number of Topliss-reactive ketones (excluding diaryl/α,β-unsaturated/α-hetero) is 1. The first-order valence-corrected chi connectivity index (χ1v) is 10.3. The fourth-order valence-corrected chi connectivity index (χ4v) is 4.49. The third kappa shape index (κ3) is 3.72. The Morgan fingerprint density at radius 1 is 1.21 bits per heavy atom. The fraction of sp³-hybridized carbons (Fsp3) is 0.619. The molecule has 1 unspecified atom stereocenters. The third-order valence-corrected chi connectivity index (χ3v) is 6.18. The van der Waals surface area contributed by atoms with Gasteiger partial charge in [0.05, 0.1) is 18.5 Å². The number of imidazole rings is 1. The summed E-state index contributed by atoms with van der Waals surface area (Å²) in [5.41, 5.74) is 1.11. The Labute approximate surface area is 169 Å². The maximum Gasteiger partial charge on any atom is 0.208 e. The summed E-state index contributed by atoms with van der Waals surface area (Å²) in [6, 6.07) is -0.484. The maximum absolute atomic E-state index is 11.8. The second-order valence-corrected chi connectivity index (χ2v) is 8.08. The Morgan fingerprint density at radius 3 is 2.62 bits per heavy atom. The van der Waals surface area contributed by atoms with Crippen molar-refractivity contribution in [1.82, 2.24) is 19.5 Å². The number of rotatable bonds is 3. The molecule has 0 saturated heterocycles. The van der Waals surface area contributed by atoms with Crippen LogP contribution in [-0.4, -0.2) is 54.8 Å². The lowest BCUT2D eigenvalue weighted by atomic mass is 9.90. The molecule has 3 N–H and O–H groups in total. The molecule has 4 atom stereocenters. The van der Waals surface area contributed by atoms with Gasteiger partial charge in [-0.3, -0.25) is 4.79 Å². The van der Waals surface area contributed by atoms with Crippen molar-refractivity contribution in [3.63, 3.8) is 0 Å². The van der Waals surface area contributed by atoms with Crippen LogP contribution < -0.4 is 5.32 Å². The van der Waals surface area contributed by atoms with Gasteiger partial charge in [0.1, 0.15) is 11.9 Å². The molecule has 29 heavy (non-hydrogen) atoms. The van der Waals surface area contributed by atoms with Crippen molar-refractivity contribution in [2.24, 2.45) is 11.8 Å². The van der Waals surface area contributed by atoms with E-state index in [1.54, 1.807) is 17.9 Å². The molecule has 2 aromatic heterocycles. The van der Waals surface area contributed by atoms with Crippen molar-refractivity contribution in [3.8, 4) is 11.8 Å². The van der Waals surface area contributed by atoms with Crippen LogP contribution in [0.2, 0.25) is 0 Å². The highest BCUT2D eigenvalue weighted by Crippen LogP contribution is 2.37. The number of aliphatic hydroxyl groups is 2. The number of nitrogens with zero attached hydrogens (tertiary/aromatic N) is 4. The van der Waals surface area contributed by atoms with Crippen LogP contribution in [0.3, 0.4) is 0 Å². The third-order valence-electron chi connectivity index (χ3n) is 6.18. The van der Waals surface area contributed by atoms with E-state index >= 15 is 0 Å². The van der Waals surface area contributed by atoms with Crippen LogP contribution in [0.1, 0.15) is 57.3 Å². The van der Waals surface area contributed by atoms with E-state index in [1.165, 1.54) is 26.2 Å². The van der Waals surface area contributed by atoms with E-state index in [9.17, 15) is 15.0 Å². The van der Waals surface area contributed by atoms with E-state index in [4.69, 9.17) is 0 Å². The molecule has 2 fully saturated rings. The number of aromatic nitrogens is 4. The lowest BCUT2D eigenvalue weighted by molar-refractivity contribution is -0.124. The average Bonchev–Trinajstić information content (AvgIpc) is 3.28. The van der Waals surface area contributed by atoms with Crippen molar-refractivity contribution < 1.29 is 15.0 Å². The predicted octanol–water partition coefficient (Wildman–Crippen LogP) is 1.67. The summed E-state index contributed by atoms with van der Waals surface area (Å²) in [6.07, 6.45) is 5.71. The average molecular weight is 397 g/mol. The minimum atomic E-state index is -1.09. The number of fused-ring (bicyclic) bond motifs is 1. The number of hydrogen-bond acceptors (Lipinski definition) is 7. The Morgan fingerprint density at radius 2 is 1.97 bits per heavy atom. The number of hydrogen-bond donors (Lipinski definition) is 3. The number of aliphatic hydroxyl groups excluding tert-OH is 2. The Balaban J connectivity index is 1.71. The summed E-state index contributed by atoms with van der Waals surface area (Å²) in [4.78, 5) is 25.3. The van der Waals surface area contributed by atoms with Crippen molar-refractivity contribution in [2.75, 3.05) is 12.4 Å². The standard InChI is InChI=1S/C21H27N5O3/c1-12(27)14-10-15(19(29)18(14)28)26-11-23-17-20(22-2)24-16(25-21(17)26)9-8-13-6-4-3-5-7-13/h11,13-15,18-19,28-29H,3-7,10H2,1-2H3,(H,22,24,25)/t14-,15-,18?,19+/m1/s1. The second-order valence-electron chi connectivity index (χ2n) is 8.08. The zero-order chi connectivity index (χ0) is 20.5. The number of carbonyl (C=O) groups excluding carboxylic acids is 1. The van der Waals surface area contributed by atoms with Crippen molar-refractivity contribution in [3.05, 3.63) is 12.2 Å². The Bertz CT molecular complexity index is 970. The minimum absolute atomic E-state index is 0.131. The van der Waals surface area contributed by atoms with Crippen molar-refractivity contribution >= 4 is 22.8 Å². The number of nitrogens with one attached hydrogen (secondary N) is 1. The molecule has 2 aromatic rings. The molecule has 0 spiro atoms. The predicted molar refractivity (Wildman–Crippen MR) is 108 cm³/mol. The van der Waals surface area contributed by atoms with Crippen LogP contribution >= 0.6 is 0 Å². The first-order valence-electron chi connectivity index (χ1n) is 10.3. The summed E-state index contributed by atoms with van der Waals surface area (Å²) in [5.74, 6) is 7.06. The van der Waals surface area contributed by atoms with E-state index in [-0.39, 0.29) is 5.78 Å². The molecule has 2 aliphatic rings. The van der Waals surface area contributed by atoms with E-state index in [2.05, 4.69) is 32.1 Å². The molecule has 4 rings (SSSR count). The van der Waals surface area contributed by atoms with Crippen LogP contribution in [0.4, 0.5) is 5.82 Å². The van der Waals surface area contributed by atoms with Gasteiger partial charge in [0.15, 0.2) is 17.0 Å². The Kier molecular flexibility index (Phi) is 5.52. The van der Waals surface area contributed by atoms with Gasteiger partial charge < -0.3 is 20.1 Å². The van der Waals surface area contributed by atoms with Gasteiger partial charge in [0.2, 0.25) is 5.82 Å². The van der Waals surface area contributed by atoms with Crippen LogP contribution in [0.25, 0.3) is 11.2 Å². The number of anilines is 1. The normalized spacial score (nSPS) is 27.6. The molecule has 0 aromatic carbocycles. The molecule has 8 heteroatoms. The lowest BCUT2D eigenvalue weighted by Gasteiger charge is -2.18. The number of carbonyl (C=O) groups is 1. The summed E-state index contributed by atoms with van der Waals surface area (Å²) in [6.45, 7) is 1.44. The smallest absolute Gasteiger partial charge is 0.208 e. The highest BCUT2D eigenvalue weighted by atomic mass is 16.3. The topological polar surface area (TPSA) is 113 Å². The molecular weight excluding hydrogens is 370 g/mol. The first-order chi connectivity index (χ1) is 14.0. The summed E-state index contributed by atoms with van der Waals surface area (Å²) < 4.78 is 1.74. The van der Waals surface area contributed by atoms with Crippen molar-refractivity contribution in [2.45, 2.75) is 63.7 Å². The lowest BCUT2D eigenvalue weighted by Crippen LogP contribution is -2.31. The van der Waals surface area contributed by atoms with Gasteiger partial charge in [-0.25, -0.2) is 15.0 Å². The van der Waals surface area contributed by atoms with Gasteiger partial charge in [-0.2, -0.15) is 0 Å². The Hall–Kier alpha value is -2.50. The SMILES string of the molecule is CNc1nc(C#CC2CCCCC2)nc2c1ncn2[C@@H]1C[C@H](C(C)=O)C(O)[C@H]1O.